The molecule has 0 unspecified atom stereocenters. The van der Waals surface area contributed by atoms with Crippen LogP contribution in [-0.2, 0) is 4.74 Å². The number of hydrogen-bond donors (Lipinski definition) is 0. The molecule has 0 aromatic heterocycles. The zero-order chi connectivity index (χ0) is 10.6. The standard InChI is InChI=1S/C12H18OSi/c1-13-12(14(2,3)4)10-11-8-6-5-7-9-11/h5-10H,1-4H3/b12-10+. The van der Waals surface area contributed by atoms with E-state index in [1.807, 2.05) is 18.2 Å². The zero-order valence-electron chi connectivity index (χ0n) is 9.37. The van der Waals surface area contributed by atoms with Crippen LogP contribution in [0.3, 0.4) is 0 Å². The smallest absolute Gasteiger partial charge is 0.122 e. The van der Waals surface area contributed by atoms with Crippen molar-refractivity contribution in [2.24, 2.45) is 0 Å². The number of rotatable bonds is 3. The highest BCUT2D eigenvalue weighted by molar-refractivity contribution is 6.83. The van der Waals surface area contributed by atoms with Crippen LogP contribution in [0.4, 0.5) is 0 Å². The first-order valence-electron chi connectivity index (χ1n) is 4.85. The van der Waals surface area contributed by atoms with Crippen LogP contribution in [-0.4, -0.2) is 15.2 Å². The first-order chi connectivity index (χ1) is 6.54. The monoisotopic (exact) mass is 206 g/mol. The lowest BCUT2D eigenvalue weighted by atomic mass is 10.2. The maximum absolute atomic E-state index is 5.44. The Bertz CT molecular complexity index is 309. The fourth-order valence-corrected chi connectivity index (χ4v) is 2.49. The van der Waals surface area contributed by atoms with Crippen LogP contribution < -0.4 is 0 Å². The quantitative estimate of drug-likeness (QED) is 0.543. The summed E-state index contributed by atoms with van der Waals surface area (Å²) >= 11 is 0. The largest absolute Gasteiger partial charge is 0.506 e. The second-order valence-corrected chi connectivity index (χ2v) is 9.37. The fourth-order valence-electron chi connectivity index (χ4n) is 1.28. The highest BCUT2D eigenvalue weighted by atomic mass is 28.3. The Morgan fingerprint density at radius 1 is 1.14 bits per heavy atom. The normalized spacial score (nSPS) is 12.7. The molecule has 1 nitrogen and oxygen atoms in total. The molecule has 0 heterocycles. The lowest BCUT2D eigenvalue weighted by Crippen LogP contribution is -2.24. The van der Waals surface area contributed by atoms with Gasteiger partial charge in [-0.3, -0.25) is 0 Å². The second-order valence-electron chi connectivity index (χ2n) is 4.37. The van der Waals surface area contributed by atoms with Crippen LogP contribution in [0.25, 0.3) is 6.08 Å². The summed E-state index contributed by atoms with van der Waals surface area (Å²) in [6, 6.07) is 10.3. The Labute approximate surface area is 87.4 Å². The summed E-state index contributed by atoms with van der Waals surface area (Å²) in [5, 5.41) is 1.14. The van der Waals surface area contributed by atoms with E-state index < -0.39 is 8.07 Å². The number of hydrogen-bond acceptors (Lipinski definition) is 1. The first-order valence-corrected chi connectivity index (χ1v) is 8.35. The van der Waals surface area contributed by atoms with Crippen LogP contribution in [0.2, 0.25) is 19.6 Å². The Kier molecular flexibility index (Phi) is 3.53. The van der Waals surface area contributed by atoms with Crippen molar-refractivity contribution in [3.8, 4) is 0 Å². The number of ether oxygens (including phenoxy) is 1. The van der Waals surface area contributed by atoms with Gasteiger partial charge in [-0.25, -0.2) is 0 Å². The van der Waals surface area contributed by atoms with Gasteiger partial charge in [-0.15, -0.1) is 0 Å². The van der Waals surface area contributed by atoms with E-state index in [-0.39, 0.29) is 0 Å². The molecule has 1 aromatic carbocycles. The molecule has 0 aliphatic carbocycles. The van der Waals surface area contributed by atoms with Crippen LogP contribution in [0.15, 0.2) is 35.7 Å². The van der Waals surface area contributed by atoms with Crippen molar-refractivity contribution in [1.82, 2.24) is 0 Å². The molecule has 0 saturated heterocycles. The first kappa shape index (κ1) is 11.1. The molecular weight excluding hydrogens is 188 g/mol. The van der Waals surface area contributed by atoms with Gasteiger partial charge in [0, 0.05) is 0 Å². The van der Waals surface area contributed by atoms with E-state index in [1.54, 1.807) is 7.11 Å². The predicted octanol–water partition coefficient (Wildman–Crippen LogP) is 3.55. The van der Waals surface area contributed by atoms with E-state index in [1.165, 1.54) is 5.56 Å². The third-order valence-corrected chi connectivity index (χ3v) is 3.88. The van der Waals surface area contributed by atoms with Gasteiger partial charge in [-0.2, -0.15) is 0 Å². The average molecular weight is 206 g/mol. The van der Waals surface area contributed by atoms with Crippen molar-refractivity contribution in [3.63, 3.8) is 0 Å². The fraction of sp³-hybridized carbons (Fsp3) is 0.333. The molecule has 0 aliphatic heterocycles. The van der Waals surface area contributed by atoms with Crippen LogP contribution in [0.1, 0.15) is 5.56 Å². The third kappa shape index (κ3) is 3.03. The van der Waals surface area contributed by atoms with E-state index in [9.17, 15) is 0 Å². The van der Waals surface area contributed by atoms with E-state index in [0.717, 1.165) is 5.38 Å². The van der Waals surface area contributed by atoms with Gasteiger partial charge in [0.1, 0.15) is 8.07 Å². The Morgan fingerprint density at radius 2 is 1.71 bits per heavy atom. The lowest BCUT2D eigenvalue weighted by Gasteiger charge is -2.19. The summed E-state index contributed by atoms with van der Waals surface area (Å²) < 4.78 is 5.44. The van der Waals surface area contributed by atoms with Gasteiger partial charge in [0.25, 0.3) is 0 Å². The van der Waals surface area contributed by atoms with Gasteiger partial charge in [0.2, 0.25) is 0 Å². The maximum atomic E-state index is 5.44. The van der Waals surface area contributed by atoms with Crippen molar-refractivity contribution in [3.05, 3.63) is 41.3 Å². The zero-order valence-corrected chi connectivity index (χ0v) is 10.4. The summed E-state index contributed by atoms with van der Waals surface area (Å²) in [5.74, 6) is 0. The molecule has 1 rings (SSSR count). The van der Waals surface area contributed by atoms with Crippen molar-refractivity contribution in [2.75, 3.05) is 7.11 Å². The Morgan fingerprint density at radius 3 is 2.14 bits per heavy atom. The number of methoxy groups -OCH3 is 1. The number of benzene rings is 1. The van der Waals surface area contributed by atoms with E-state index in [0.29, 0.717) is 0 Å². The second kappa shape index (κ2) is 4.47. The molecule has 0 atom stereocenters. The molecule has 76 valence electrons. The van der Waals surface area contributed by atoms with Crippen molar-refractivity contribution in [2.45, 2.75) is 19.6 Å². The van der Waals surface area contributed by atoms with Gasteiger partial charge in [0.15, 0.2) is 0 Å². The van der Waals surface area contributed by atoms with Gasteiger partial charge in [-0.05, 0) is 11.6 Å². The van der Waals surface area contributed by atoms with Crippen LogP contribution >= 0.6 is 0 Å². The van der Waals surface area contributed by atoms with Crippen molar-refractivity contribution in [1.29, 1.82) is 0 Å². The molecular formula is C12H18OSi. The molecule has 0 saturated carbocycles. The molecule has 1 aromatic rings. The lowest BCUT2D eigenvalue weighted by molar-refractivity contribution is 0.319. The Balaban J connectivity index is 2.96. The van der Waals surface area contributed by atoms with Crippen LogP contribution in [0, 0.1) is 0 Å². The molecule has 0 radical (unpaired) electrons. The van der Waals surface area contributed by atoms with Crippen molar-refractivity contribution >= 4 is 14.1 Å². The summed E-state index contributed by atoms with van der Waals surface area (Å²) in [4.78, 5) is 0. The minimum atomic E-state index is -1.33. The van der Waals surface area contributed by atoms with E-state index in [2.05, 4.69) is 37.8 Å². The molecule has 0 spiro atoms. The molecule has 14 heavy (non-hydrogen) atoms. The molecule has 0 amide bonds. The SMILES string of the molecule is CO/C(=C\c1ccccc1)[Si](C)(C)C. The highest BCUT2D eigenvalue weighted by Crippen LogP contribution is 2.18. The van der Waals surface area contributed by atoms with Gasteiger partial charge < -0.3 is 4.74 Å². The van der Waals surface area contributed by atoms with Gasteiger partial charge in [0.05, 0.1) is 12.5 Å². The average Bonchev–Trinajstić information content (AvgIpc) is 2.14. The highest BCUT2D eigenvalue weighted by Gasteiger charge is 2.20. The van der Waals surface area contributed by atoms with Crippen molar-refractivity contribution < 1.29 is 4.74 Å². The third-order valence-electron chi connectivity index (χ3n) is 2.06. The summed E-state index contributed by atoms with van der Waals surface area (Å²) in [5.41, 5.74) is 1.21. The molecule has 0 aliphatic rings. The summed E-state index contributed by atoms with van der Waals surface area (Å²) in [7, 11) is 0.426. The summed E-state index contributed by atoms with van der Waals surface area (Å²) in [6.45, 7) is 6.85. The van der Waals surface area contributed by atoms with E-state index >= 15 is 0 Å². The molecule has 0 bridgehead atoms. The maximum Gasteiger partial charge on any atom is 0.122 e. The predicted molar refractivity (Wildman–Crippen MR) is 64.8 cm³/mol. The molecule has 0 N–H and O–H groups in total. The van der Waals surface area contributed by atoms with E-state index in [4.69, 9.17) is 4.74 Å². The molecule has 2 heteroatoms. The Hall–Kier alpha value is -1.02. The minimum Gasteiger partial charge on any atom is -0.506 e. The molecule has 0 fully saturated rings. The topological polar surface area (TPSA) is 9.23 Å². The summed E-state index contributed by atoms with van der Waals surface area (Å²) in [6.07, 6.45) is 2.15. The van der Waals surface area contributed by atoms with Gasteiger partial charge in [-0.1, -0.05) is 50.0 Å². The minimum absolute atomic E-state index is 1.14. The van der Waals surface area contributed by atoms with Gasteiger partial charge >= 0.3 is 0 Å². The van der Waals surface area contributed by atoms with Crippen LogP contribution in [0.5, 0.6) is 0 Å².